The van der Waals surface area contributed by atoms with E-state index in [1.54, 1.807) is 48.5 Å². The van der Waals surface area contributed by atoms with Crippen molar-refractivity contribution in [3.05, 3.63) is 95.3 Å². The summed E-state index contributed by atoms with van der Waals surface area (Å²) in [6, 6.07) is 18.7. The molecule has 8 heteroatoms. The van der Waals surface area contributed by atoms with Crippen molar-refractivity contribution in [2.24, 2.45) is 0 Å². The molecule has 3 aromatic rings. The summed E-state index contributed by atoms with van der Waals surface area (Å²) in [5.74, 6) is -0.0632. The molecule has 0 saturated carbocycles. The smallest absolute Gasteiger partial charge is 0.243 e. The Labute approximate surface area is 186 Å². The number of ether oxygens (including phenoxy) is 2. The van der Waals surface area contributed by atoms with Gasteiger partial charge in [-0.1, -0.05) is 12.1 Å². The fourth-order valence-electron chi connectivity index (χ4n) is 3.37. The van der Waals surface area contributed by atoms with Gasteiger partial charge in [0.1, 0.15) is 18.2 Å². The third-order valence-electron chi connectivity index (χ3n) is 5.13. The van der Waals surface area contributed by atoms with Crippen LogP contribution in [0.15, 0.2) is 77.7 Å². The van der Waals surface area contributed by atoms with Gasteiger partial charge >= 0.3 is 0 Å². The molecule has 0 aromatic heterocycles. The Balaban J connectivity index is 1.41. The standard InChI is InChI=1S/C24H22FNO5S/c25-21-8-4-19(5-9-21)24(27)20-6-10-22(11-7-20)31-17-18-2-1-3-23(16-18)32(28,29)26-12-14-30-15-13-26/h1-11,16H,12-15,17H2. The quantitative estimate of drug-likeness (QED) is 0.509. The minimum absolute atomic E-state index is 0.178. The van der Waals surface area contributed by atoms with Crippen LogP contribution < -0.4 is 4.74 Å². The fourth-order valence-corrected chi connectivity index (χ4v) is 4.85. The number of halogens is 1. The lowest BCUT2D eigenvalue weighted by atomic mass is 10.0. The van der Waals surface area contributed by atoms with Gasteiger partial charge in [0.2, 0.25) is 10.0 Å². The second-order valence-corrected chi connectivity index (χ2v) is 9.25. The van der Waals surface area contributed by atoms with Gasteiger partial charge in [0, 0.05) is 24.2 Å². The predicted molar refractivity (Wildman–Crippen MR) is 117 cm³/mol. The molecule has 166 valence electrons. The summed E-state index contributed by atoms with van der Waals surface area (Å²) in [4.78, 5) is 12.7. The number of hydrogen-bond donors (Lipinski definition) is 0. The van der Waals surface area contributed by atoms with Crippen LogP contribution in [0.5, 0.6) is 5.75 Å². The molecular formula is C24H22FNO5S. The third kappa shape index (κ3) is 5.04. The number of rotatable bonds is 7. The van der Waals surface area contributed by atoms with Crippen LogP contribution in [0.4, 0.5) is 4.39 Å². The Hall–Kier alpha value is -3.07. The summed E-state index contributed by atoms with van der Waals surface area (Å²) >= 11 is 0. The van der Waals surface area contributed by atoms with E-state index in [1.807, 2.05) is 0 Å². The number of ketones is 1. The Morgan fingerprint density at radius 3 is 2.22 bits per heavy atom. The molecule has 0 amide bonds. The maximum Gasteiger partial charge on any atom is 0.243 e. The molecule has 6 nitrogen and oxygen atoms in total. The van der Waals surface area contributed by atoms with Crippen LogP contribution in [0.3, 0.4) is 0 Å². The van der Waals surface area contributed by atoms with Gasteiger partial charge in [-0.25, -0.2) is 12.8 Å². The first-order valence-corrected chi connectivity index (χ1v) is 11.6. The minimum atomic E-state index is -3.57. The molecule has 0 atom stereocenters. The van der Waals surface area contributed by atoms with E-state index in [2.05, 4.69) is 0 Å². The SMILES string of the molecule is O=C(c1ccc(F)cc1)c1ccc(OCc2cccc(S(=O)(=O)N3CCOCC3)c2)cc1. The van der Waals surface area contributed by atoms with Crippen molar-refractivity contribution in [2.45, 2.75) is 11.5 Å². The molecule has 4 rings (SSSR count). The zero-order valence-corrected chi connectivity index (χ0v) is 18.1. The first-order chi connectivity index (χ1) is 15.4. The summed E-state index contributed by atoms with van der Waals surface area (Å²) in [7, 11) is -3.57. The largest absolute Gasteiger partial charge is 0.489 e. The predicted octanol–water partition coefficient (Wildman–Crippen LogP) is 3.66. The van der Waals surface area contributed by atoms with Gasteiger partial charge in [-0.3, -0.25) is 4.79 Å². The van der Waals surface area contributed by atoms with Crippen molar-refractivity contribution in [3.8, 4) is 5.75 Å². The number of carbonyl (C=O) groups excluding carboxylic acids is 1. The zero-order valence-electron chi connectivity index (χ0n) is 17.2. The number of hydrogen-bond acceptors (Lipinski definition) is 5. The molecule has 1 aliphatic heterocycles. The van der Waals surface area contributed by atoms with Gasteiger partial charge in [0.05, 0.1) is 18.1 Å². The zero-order chi connectivity index (χ0) is 22.6. The summed E-state index contributed by atoms with van der Waals surface area (Å²) < 4.78 is 51.1. The van der Waals surface area contributed by atoms with Crippen LogP contribution in [0.25, 0.3) is 0 Å². The molecule has 0 N–H and O–H groups in total. The lowest BCUT2D eigenvalue weighted by molar-refractivity contribution is 0.0730. The van der Waals surface area contributed by atoms with Gasteiger partial charge in [-0.2, -0.15) is 4.31 Å². The summed E-state index contributed by atoms with van der Waals surface area (Å²) in [6.07, 6.45) is 0. The second kappa shape index (κ2) is 9.60. The van der Waals surface area contributed by atoms with Gasteiger partial charge < -0.3 is 9.47 Å². The number of benzene rings is 3. The van der Waals surface area contributed by atoms with E-state index in [4.69, 9.17) is 9.47 Å². The Bertz CT molecular complexity index is 1190. The first-order valence-electron chi connectivity index (χ1n) is 10.1. The number of nitrogens with zero attached hydrogens (tertiary/aromatic N) is 1. The number of carbonyl (C=O) groups is 1. The van der Waals surface area contributed by atoms with Crippen molar-refractivity contribution < 1.29 is 27.1 Å². The first kappa shape index (κ1) is 22.1. The maximum absolute atomic E-state index is 13.0. The second-order valence-electron chi connectivity index (χ2n) is 7.31. The summed E-state index contributed by atoms with van der Waals surface area (Å²) in [5, 5.41) is 0. The van der Waals surface area contributed by atoms with E-state index >= 15 is 0 Å². The van der Waals surface area contributed by atoms with E-state index in [1.165, 1.54) is 28.6 Å². The topological polar surface area (TPSA) is 72.9 Å². The van der Waals surface area contributed by atoms with Crippen molar-refractivity contribution in [1.29, 1.82) is 0 Å². The van der Waals surface area contributed by atoms with Crippen LogP contribution in [0, 0.1) is 5.82 Å². The van der Waals surface area contributed by atoms with E-state index in [9.17, 15) is 17.6 Å². The maximum atomic E-state index is 13.0. The lowest BCUT2D eigenvalue weighted by Crippen LogP contribution is -2.40. The van der Waals surface area contributed by atoms with E-state index in [-0.39, 0.29) is 17.3 Å². The average molecular weight is 456 g/mol. The molecular weight excluding hydrogens is 433 g/mol. The molecule has 0 spiro atoms. The fraction of sp³-hybridized carbons (Fsp3) is 0.208. The van der Waals surface area contributed by atoms with Crippen LogP contribution >= 0.6 is 0 Å². The van der Waals surface area contributed by atoms with Crippen molar-refractivity contribution in [2.75, 3.05) is 26.3 Å². The van der Waals surface area contributed by atoms with E-state index in [0.29, 0.717) is 48.7 Å². The van der Waals surface area contributed by atoms with Crippen LogP contribution in [-0.2, 0) is 21.4 Å². The van der Waals surface area contributed by atoms with Crippen LogP contribution in [0.2, 0.25) is 0 Å². The molecule has 1 heterocycles. The molecule has 1 saturated heterocycles. The molecule has 32 heavy (non-hydrogen) atoms. The highest BCUT2D eigenvalue weighted by molar-refractivity contribution is 7.89. The highest BCUT2D eigenvalue weighted by Gasteiger charge is 2.26. The Morgan fingerprint density at radius 1 is 0.938 bits per heavy atom. The Morgan fingerprint density at radius 2 is 1.56 bits per heavy atom. The molecule has 1 fully saturated rings. The molecule has 1 aliphatic rings. The monoisotopic (exact) mass is 455 g/mol. The van der Waals surface area contributed by atoms with E-state index in [0.717, 1.165) is 0 Å². The van der Waals surface area contributed by atoms with Crippen molar-refractivity contribution in [1.82, 2.24) is 4.31 Å². The van der Waals surface area contributed by atoms with Gasteiger partial charge in [-0.15, -0.1) is 0 Å². The lowest BCUT2D eigenvalue weighted by Gasteiger charge is -2.26. The van der Waals surface area contributed by atoms with Crippen molar-refractivity contribution >= 4 is 15.8 Å². The van der Waals surface area contributed by atoms with Gasteiger partial charge in [-0.05, 0) is 66.2 Å². The highest BCUT2D eigenvalue weighted by atomic mass is 32.2. The van der Waals surface area contributed by atoms with Gasteiger partial charge in [0.25, 0.3) is 0 Å². The molecule has 0 aliphatic carbocycles. The van der Waals surface area contributed by atoms with E-state index < -0.39 is 15.8 Å². The molecule has 0 radical (unpaired) electrons. The number of sulfonamides is 1. The Kier molecular flexibility index (Phi) is 6.64. The summed E-state index contributed by atoms with van der Waals surface area (Å²) in [5.41, 5.74) is 1.58. The molecule has 0 bridgehead atoms. The molecule has 3 aromatic carbocycles. The van der Waals surface area contributed by atoms with Crippen LogP contribution in [0.1, 0.15) is 21.5 Å². The van der Waals surface area contributed by atoms with Gasteiger partial charge in [0.15, 0.2) is 5.78 Å². The normalized spacial score (nSPS) is 14.8. The summed E-state index contributed by atoms with van der Waals surface area (Å²) in [6.45, 7) is 1.64. The number of morpholine rings is 1. The highest BCUT2D eigenvalue weighted by Crippen LogP contribution is 2.21. The third-order valence-corrected chi connectivity index (χ3v) is 7.03. The van der Waals surface area contributed by atoms with Crippen LogP contribution in [-0.4, -0.2) is 44.8 Å². The minimum Gasteiger partial charge on any atom is -0.489 e. The van der Waals surface area contributed by atoms with Crippen molar-refractivity contribution in [3.63, 3.8) is 0 Å². The molecule has 0 unspecified atom stereocenters. The average Bonchev–Trinajstić information content (AvgIpc) is 2.84.